The molecular formula is C27H33NO4. The van der Waals surface area contributed by atoms with E-state index in [4.69, 9.17) is 14.2 Å². The quantitative estimate of drug-likeness (QED) is 0.681. The van der Waals surface area contributed by atoms with Crippen LogP contribution in [0.15, 0.2) is 54.6 Å². The molecule has 0 N–H and O–H groups in total. The summed E-state index contributed by atoms with van der Waals surface area (Å²) in [6, 6.07) is 18.1. The average Bonchev–Trinajstić information content (AvgIpc) is 3.49. The fourth-order valence-corrected chi connectivity index (χ4v) is 5.85. The van der Waals surface area contributed by atoms with Crippen LogP contribution in [0.1, 0.15) is 50.5 Å². The van der Waals surface area contributed by atoms with E-state index in [0.29, 0.717) is 12.5 Å². The monoisotopic (exact) mass is 435 g/mol. The minimum absolute atomic E-state index is 0.0834. The van der Waals surface area contributed by atoms with Crippen LogP contribution in [0.4, 0.5) is 0 Å². The fraction of sp³-hybridized carbons (Fsp3) is 0.519. The average molecular weight is 436 g/mol. The van der Waals surface area contributed by atoms with E-state index in [1.54, 1.807) is 7.11 Å². The van der Waals surface area contributed by atoms with Crippen LogP contribution in [-0.4, -0.2) is 49.3 Å². The van der Waals surface area contributed by atoms with Crippen molar-refractivity contribution in [3.8, 4) is 11.5 Å². The van der Waals surface area contributed by atoms with E-state index in [1.165, 1.54) is 0 Å². The Morgan fingerprint density at radius 3 is 2.28 bits per heavy atom. The molecule has 1 saturated carbocycles. The van der Waals surface area contributed by atoms with Gasteiger partial charge in [0, 0.05) is 19.5 Å². The smallest absolute Gasteiger partial charge is 0.233 e. The van der Waals surface area contributed by atoms with Crippen LogP contribution < -0.4 is 9.47 Å². The van der Waals surface area contributed by atoms with E-state index in [-0.39, 0.29) is 17.1 Å². The van der Waals surface area contributed by atoms with Crippen molar-refractivity contribution < 1.29 is 19.0 Å². The number of nitrogens with zero attached hydrogens (tertiary/aromatic N) is 1. The molecule has 2 saturated heterocycles. The van der Waals surface area contributed by atoms with Crippen LogP contribution in [0, 0.1) is 0 Å². The van der Waals surface area contributed by atoms with Crippen molar-refractivity contribution in [2.75, 3.05) is 26.8 Å². The van der Waals surface area contributed by atoms with Gasteiger partial charge in [0.05, 0.1) is 24.7 Å². The molecule has 32 heavy (non-hydrogen) atoms. The Bertz CT molecular complexity index is 912. The molecule has 2 aliphatic heterocycles. The second kappa shape index (κ2) is 8.78. The second-order valence-electron chi connectivity index (χ2n) is 9.56. The molecule has 0 aromatic heterocycles. The zero-order valence-electron chi connectivity index (χ0n) is 18.9. The lowest BCUT2D eigenvalue weighted by Gasteiger charge is -2.42. The maximum absolute atomic E-state index is 13.8. The van der Waals surface area contributed by atoms with Crippen molar-refractivity contribution in [3.05, 3.63) is 60.2 Å². The summed E-state index contributed by atoms with van der Waals surface area (Å²) >= 11 is 0. The Balaban J connectivity index is 1.24. The molecule has 5 rings (SSSR count). The van der Waals surface area contributed by atoms with Gasteiger partial charge in [0.1, 0.15) is 17.6 Å². The van der Waals surface area contributed by atoms with Crippen molar-refractivity contribution in [2.45, 2.75) is 62.1 Å². The highest BCUT2D eigenvalue weighted by Crippen LogP contribution is 2.45. The first kappa shape index (κ1) is 21.3. The van der Waals surface area contributed by atoms with Gasteiger partial charge in [-0.1, -0.05) is 43.2 Å². The predicted octanol–water partition coefficient (Wildman–Crippen LogP) is 4.74. The lowest BCUT2D eigenvalue weighted by atomic mass is 9.76. The molecule has 1 aliphatic carbocycles. The Morgan fingerprint density at radius 2 is 1.62 bits per heavy atom. The first-order chi connectivity index (χ1) is 15.6. The number of carbonyl (C=O) groups excluding carboxylic acids is 1. The molecule has 2 heterocycles. The third-order valence-electron chi connectivity index (χ3n) is 7.69. The van der Waals surface area contributed by atoms with Gasteiger partial charge in [0.2, 0.25) is 5.91 Å². The Kier molecular flexibility index (Phi) is 5.85. The molecule has 0 radical (unpaired) electrons. The van der Waals surface area contributed by atoms with Gasteiger partial charge in [-0.3, -0.25) is 4.79 Å². The van der Waals surface area contributed by atoms with Gasteiger partial charge in [-0.2, -0.15) is 0 Å². The molecule has 0 unspecified atom stereocenters. The maximum Gasteiger partial charge on any atom is 0.233 e. The van der Waals surface area contributed by atoms with Gasteiger partial charge in [-0.05, 0) is 55.5 Å². The number of benzene rings is 2. The molecule has 1 spiro atoms. The van der Waals surface area contributed by atoms with Gasteiger partial charge >= 0.3 is 0 Å². The van der Waals surface area contributed by atoms with Crippen LogP contribution in [0.25, 0.3) is 0 Å². The number of methoxy groups -OCH3 is 1. The van der Waals surface area contributed by atoms with E-state index < -0.39 is 0 Å². The molecule has 1 atom stereocenters. The number of ether oxygens (including phenoxy) is 3. The number of rotatable bonds is 5. The van der Waals surface area contributed by atoms with Crippen molar-refractivity contribution in [1.82, 2.24) is 4.90 Å². The largest absolute Gasteiger partial charge is 0.497 e. The maximum atomic E-state index is 13.8. The third kappa shape index (κ3) is 3.99. The highest BCUT2D eigenvalue weighted by atomic mass is 16.6. The molecule has 5 heteroatoms. The summed E-state index contributed by atoms with van der Waals surface area (Å²) in [5.74, 6) is 2.03. The van der Waals surface area contributed by atoms with Crippen LogP contribution in [-0.2, 0) is 14.9 Å². The molecule has 170 valence electrons. The number of piperidine rings is 1. The third-order valence-corrected chi connectivity index (χ3v) is 7.69. The number of likely N-dealkylation sites (tertiary alicyclic amines) is 1. The first-order valence-corrected chi connectivity index (χ1v) is 11.9. The summed E-state index contributed by atoms with van der Waals surface area (Å²) < 4.78 is 17.7. The van der Waals surface area contributed by atoms with Gasteiger partial charge in [-0.25, -0.2) is 0 Å². The summed E-state index contributed by atoms with van der Waals surface area (Å²) in [7, 11) is 1.68. The second-order valence-corrected chi connectivity index (χ2v) is 9.56. The van der Waals surface area contributed by atoms with E-state index >= 15 is 0 Å². The molecule has 0 bridgehead atoms. The topological polar surface area (TPSA) is 48.0 Å². The van der Waals surface area contributed by atoms with E-state index in [9.17, 15) is 4.79 Å². The zero-order valence-corrected chi connectivity index (χ0v) is 18.9. The lowest BCUT2D eigenvalue weighted by molar-refractivity contribution is -0.142. The first-order valence-electron chi connectivity index (χ1n) is 11.9. The van der Waals surface area contributed by atoms with Gasteiger partial charge in [0.25, 0.3) is 0 Å². The Hall–Kier alpha value is -2.53. The number of carbonyl (C=O) groups is 1. The number of amides is 1. The summed E-state index contributed by atoms with van der Waals surface area (Å²) in [6.45, 7) is 2.14. The van der Waals surface area contributed by atoms with Crippen LogP contribution in [0.3, 0.4) is 0 Å². The van der Waals surface area contributed by atoms with Gasteiger partial charge in [-0.15, -0.1) is 0 Å². The highest BCUT2D eigenvalue weighted by Gasteiger charge is 2.49. The zero-order chi connectivity index (χ0) is 22.0. The minimum Gasteiger partial charge on any atom is -0.497 e. The van der Waals surface area contributed by atoms with Crippen molar-refractivity contribution in [3.63, 3.8) is 0 Å². The van der Waals surface area contributed by atoms with E-state index in [2.05, 4.69) is 17.0 Å². The fourth-order valence-electron chi connectivity index (χ4n) is 5.85. The van der Waals surface area contributed by atoms with Crippen LogP contribution in [0.5, 0.6) is 11.5 Å². The standard InChI is InChI=1S/C27H33NO4/c1-30-22-11-9-21(10-12-22)27(13-5-6-14-27)25(29)28-17-15-26(16-18-28)19-24(20-31-26)32-23-7-3-2-4-8-23/h2-4,7-12,24H,5-6,13-20H2,1H3/t24-/m1/s1. The minimum atomic E-state index is -0.383. The van der Waals surface area contributed by atoms with Gasteiger partial charge < -0.3 is 19.1 Å². The van der Waals surface area contributed by atoms with Gasteiger partial charge in [0.15, 0.2) is 0 Å². The summed E-state index contributed by atoms with van der Waals surface area (Å²) in [4.78, 5) is 15.9. The summed E-state index contributed by atoms with van der Waals surface area (Å²) in [5.41, 5.74) is 0.598. The lowest BCUT2D eigenvalue weighted by Crippen LogP contribution is -2.52. The molecule has 2 aromatic rings. The van der Waals surface area contributed by atoms with E-state index in [0.717, 1.165) is 75.1 Å². The molecule has 3 aliphatic rings. The SMILES string of the molecule is COc1ccc(C2(C(=O)N3CCC4(CC3)C[C@@H](Oc3ccccc3)CO4)CCCC2)cc1. The van der Waals surface area contributed by atoms with Crippen LogP contribution >= 0.6 is 0 Å². The van der Waals surface area contributed by atoms with Crippen molar-refractivity contribution in [2.24, 2.45) is 0 Å². The van der Waals surface area contributed by atoms with Crippen molar-refractivity contribution >= 4 is 5.91 Å². The molecular weight excluding hydrogens is 402 g/mol. The molecule has 1 amide bonds. The summed E-state index contributed by atoms with van der Waals surface area (Å²) in [6.07, 6.45) is 6.83. The number of hydrogen-bond acceptors (Lipinski definition) is 4. The summed E-state index contributed by atoms with van der Waals surface area (Å²) in [5, 5.41) is 0. The Morgan fingerprint density at radius 1 is 0.938 bits per heavy atom. The number of para-hydroxylation sites is 1. The van der Waals surface area contributed by atoms with Crippen molar-refractivity contribution in [1.29, 1.82) is 0 Å². The van der Waals surface area contributed by atoms with E-state index in [1.807, 2.05) is 42.5 Å². The molecule has 3 fully saturated rings. The van der Waals surface area contributed by atoms with Crippen LogP contribution in [0.2, 0.25) is 0 Å². The number of hydrogen-bond donors (Lipinski definition) is 0. The normalized spacial score (nSPS) is 23.9. The molecule has 5 nitrogen and oxygen atoms in total. The predicted molar refractivity (Wildman–Crippen MR) is 123 cm³/mol. The highest BCUT2D eigenvalue weighted by molar-refractivity contribution is 5.88. The Labute approximate surface area is 190 Å². The molecule has 2 aromatic carbocycles.